The van der Waals surface area contributed by atoms with Crippen LogP contribution in [0.3, 0.4) is 0 Å². The SMILES string of the molecule is [N-]=[N+]=NC1(O)OC[C@@H](O)[C@H](O)[C@H]1O. The summed E-state index contributed by atoms with van der Waals surface area (Å²) in [4.78, 5) is 2.24. The van der Waals surface area contributed by atoms with Gasteiger partial charge in [-0.3, -0.25) is 0 Å². The normalized spacial score (nSPS) is 45.4. The lowest BCUT2D eigenvalue weighted by Gasteiger charge is -2.38. The van der Waals surface area contributed by atoms with Crippen LogP contribution in [0.2, 0.25) is 0 Å². The lowest BCUT2D eigenvalue weighted by atomic mass is 10.0. The van der Waals surface area contributed by atoms with Gasteiger partial charge in [-0.15, -0.1) is 0 Å². The summed E-state index contributed by atoms with van der Waals surface area (Å²) in [5.41, 5.74) is 8.02. The molecule has 0 aromatic heterocycles. The van der Waals surface area contributed by atoms with Crippen molar-refractivity contribution < 1.29 is 25.2 Å². The van der Waals surface area contributed by atoms with Gasteiger partial charge in [-0.1, -0.05) is 0 Å². The molecular weight excluding hydrogens is 182 g/mol. The largest absolute Gasteiger partial charge is 0.388 e. The molecule has 4 atom stereocenters. The maximum atomic E-state index is 9.26. The molecule has 0 spiro atoms. The van der Waals surface area contributed by atoms with Gasteiger partial charge in [0.15, 0.2) is 0 Å². The zero-order valence-electron chi connectivity index (χ0n) is 6.48. The summed E-state index contributed by atoms with van der Waals surface area (Å²) in [6, 6.07) is 0. The first-order chi connectivity index (χ1) is 6.01. The zero-order chi connectivity index (χ0) is 10.1. The highest BCUT2D eigenvalue weighted by Crippen LogP contribution is 2.24. The molecule has 74 valence electrons. The second-order valence-electron chi connectivity index (χ2n) is 2.66. The minimum Gasteiger partial charge on any atom is -0.388 e. The van der Waals surface area contributed by atoms with E-state index in [4.69, 9.17) is 20.9 Å². The summed E-state index contributed by atoms with van der Waals surface area (Å²) in [7, 11) is 0. The fourth-order valence-corrected chi connectivity index (χ4v) is 0.977. The van der Waals surface area contributed by atoms with Gasteiger partial charge in [-0.2, -0.15) is 0 Å². The lowest BCUT2D eigenvalue weighted by Crippen LogP contribution is -2.59. The van der Waals surface area contributed by atoms with E-state index in [2.05, 4.69) is 14.8 Å². The number of hydrogen-bond acceptors (Lipinski definition) is 6. The summed E-state index contributed by atoms with van der Waals surface area (Å²) in [5, 5.41) is 39.2. The van der Waals surface area contributed by atoms with Crippen LogP contribution >= 0.6 is 0 Å². The van der Waals surface area contributed by atoms with Gasteiger partial charge < -0.3 is 25.2 Å². The molecule has 0 radical (unpaired) electrons. The van der Waals surface area contributed by atoms with E-state index >= 15 is 0 Å². The van der Waals surface area contributed by atoms with Gasteiger partial charge >= 0.3 is 0 Å². The van der Waals surface area contributed by atoms with Crippen molar-refractivity contribution in [2.24, 2.45) is 5.11 Å². The van der Waals surface area contributed by atoms with Gasteiger partial charge in [0.25, 0.3) is 5.91 Å². The maximum Gasteiger partial charge on any atom is 0.276 e. The highest BCUT2D eigenvalue weighted by atomic mass is 16.7. The van der Waals surface area contributed by atoms with E-state index in [1.807, 2.05) is 0 Å². The van der Waals surface area contributed by atoms with Crippen molar-refractivity contribution in [2.45, 2.75) is 24.2 Å². The monoisotopic (exact) mass is 191 g/mol. The summed E-state index contributed by atoms with van der Waals surface area (Å²) in [6.07, 6.45) is -4.79. The van der Waals surface area contributed by atoms with Crippen molar-refractivity contribution in [3.8, 4) is 0 Å². The molecule has 1 aliphatic rings. The third-order valence-electron chi connectivity index (χ3n) is 1.76. The first-order valence-corrected chi connectivity index (χ1v) is 3.48. The van der Waals surface area contributed by atoms with Gasteiger partial charge in [0.1, 0.15) is 18.3 Å². The molecule has 0 amide bonds. The van der Waals surface area contributed by atoms with Crippen LogP contribution in [0.4, 0.5) is 0 Å². The van der Waals surface area contributed by atoms with Crippen LogP contribution in [-0.4, -0.2) is 51.3 Å². The molecule has 0 saturated carbocycles. The van der Waals surface area contributed by atoms with Crippen LogP contribution < -0.4 is 0 Å². The molecule has 0 aliphatic carbocycles. The molecular formula is C5H9N3O5. The molecule has 1 saturated heterocycles. The van der Waals surface area contributed by atoms with Crippen molar-refractivity contribution in [1.29, 1.82) is 0 Å². The average Bonchev–Trinajstić information content (AvgIpc) is 2.10. The van der Waals surface area contributed by atoms with Crippen molar-refractivity contribution in [3.05, 3.63) is 10.4 Å². The van der Waals surface area contributed by atoms with Crippen molar-refractivity contribution >= 4 is 0 Å². The van der Waals surface area contributed by atoms with Gasteiger partial charge in [0.05, 0.1) is 6.61 Å². The molecule has 1 fully saturated rings. The Morgan fingerprint density at radius 1 is 1.46 bits per heavy atom. The summed E-state index contributed by atoms with van der Waals surface area (Å²) in [6.45, 7) is -0.423. The average molecular weight is 191 g/mol. The highest BCUT2D eigenvalue weighted by molar-refractivity contribution is 4.90. The quantitative estimate of drug-likeness (QED) is 0.217. The van der Waals surface area contributed by atoms with Gasteiger partial charge in [-0.05, 0) is 10.6 Å². The fraction of sp³-hybridized carbons (Fsp3) is 1.00. The van der Waals surface area contributed by atoms with Crippen LogP contribution in [0.15, 0.2) is 5.11 Å². The minimum atomic E-state index is -2.51. The smallest absolute Gasteiger partial charge is 0.276 e. The second-order valence-corrected chi connectivity index (χ2v) is 2.66. The molecule has 0 aromatic carbocycles. The van der Waals surface area contributed by atoms with Crippen LogP contribution in [0.5, 0.6) is 0 Å². The molecule has 13 heavy (non-hydrogen) atoms. The highest BCUT2D eigenvalue weighted by Gasteiger charge is 2.48. The van der Waals surface area contributed by atoms with E-state index in [0.29, 0.717) is 0 Å². The molecule has 0 bridgehead atoms. The Balaban J connectivity index is 2.85. The standard InChI is InChI=1S/C5H9N3O5/c6-8-7-5(12)4(11)3(10)2(9)1-13-5/h2-4,9-12H,1H2/t2-,3+,4-,5?/m1/s1. The van der Waals surface area contributed by atoms with Crippen LogP contribution in [0.1, 0.15) is 0 Å². The minimum absolute atomic E-state index is 0.423. The Morgan fingerprint density at radius 3 is 2.62 bits per heavy atom. The summed E-state index contributed by atoms with van der Waals surface area (Å²) in [5.74, 6) is -2.51. The third kappa shape index (κ3) is 1.73. The Kier molecular flexibility index (Phi) is 2.71. The molecule has 0 aromatic rings. The van der Waals surface area contributed by atoms with E-state index in [-0.39, 0.29) is 0 Å². The molecule has 4 N–H and O–H groups in total. The van der Waals surface area contributed by atoms with E-state index in [0.717, 1.165) is 0 Å². The van der Waals surface area contributed by atoms with E-state index in [1.165, 1.54) is 0 Å². The summed E-state index contributed by atoms with van der Waals surface area (Å²) < 4.78 is 4.48. The van der Waals surface area contributed by atoms with Crippen molar-refractivity contribution in [2.75, 3.05) is 6.61 Å². The number of aliphatic hydroxyl groups is 4. The van der Waals surface area contributed by atoms with E-state index in [1.54, 1.807) is 0 Å². The molecule has 1 heterocycles. The number of azide groups is 1. The first kappa shape index (κ1) is 10.2. The van der Waals surface area contributed by atoms with Crippen LogP contribution in [0.25, 0.3) is 10.4 Å². The van der Waals surface area contributed by atoms with Crippen LogP contribution in [-0.2, 0) is 4.74 Å². The number of rotatable bonds is 1. The Bertz CT molecular complexity index is 242. The molecule has 1 aliphatic heterocycles. The molecule has 1 unspecified atom stereocenters. The number of aliphatic hydroxyl groups excluding tert-OH is 3. The molecule has 8 heteroatoms. The van der Waals surface area contributed by atoms with E-state index in [9.17, 15) is 5.11 Å². The first-order valence-electron chi connectivity index (χ1n) is 3.48. The third-order valence-corrected chi connectivity index (χ3v) is 1.76. The predicted molar refractivity (Wildman–Crippen MR) is 38.1 cm³/mol. The topological polar surface area (TPSA) is 139 Å². The van der Waals surface area contributed by atoms with E-state index < -0.39 is 30.8 Å². The Morgan fingerprint density at radius 2 is 2.08 bits per heavy atom. The zero-order valence-corrected chi connectivity index (χ0v) is 6.48. The number of ether oxygens (including phenoxy) is 1. The number of hydrogen-bond donors (Lipinski definition) is 4. The van der Waals surface area contributed by atoms with Crippen LogP contribution in [0, 0.1) is 0 Å². The van der Waals surface area contributed by atoms with Gasteiger partial charge in [0.2, 0.25) is 0 Å². The Hall–Kier alpha value is -0.890. The fourth-order valence-electron chi connectivity index (χ4n) is 0.977. The molecule has 1 rings (SSSR count). The number of nitrogens with zero attached hydrogens (tertiary/aromatic N) is 3. The lowest BCUT2D eigenvalue weighted by molar-refractivity contribution is -0.317. The maximum absolute atomic E-state index is 9.26. The van der Waals surface area contributed by atoms with Gasteiger partial charge in [-0.25, -0.2) is 0 Å². The van der Waals surface area contributed by atoms with Crippen molar-refractivity contribution in [1.82, 2.24) is 0 Å². The Labute approximate surface area is 72.6 Å². The van der Waals surface area contributed by atoms with Gasteiger partial charge in [0, 0.05) is 4.91 Å². The summed E-state index contributed by atoms with van der Waals surface area (Å²) >= 11 is 0. The second kappa shape index (κ2) is 3.46. The molecule has 8 nitrogen and oxygen atoms in total. The van der Waals surface area contributed by atoms with Crippen molar-refractivity contribution in [3.63, 3.8) is 0 Å². The predicted octanol–water partition coefficient (Wildman–Crippen LogP) is -1.94.